The monoisotopic (exact) mass is 429 g/mol. The van der Waals surface area contributed by atoms with Crippen molar-refractivity contribution in [3.8, 4) is 0 Å². The summed E-state index contributed by atoms with van der Waals surface area (Å²) >= 11 is 0. The van der Waals surface area contributed by atoms with Gasteiger partial charge in [-0.1, -0.05) is 68.4 Å². The third-order valence-electron chi connectivity index (χ3n) is 6.28. The van der Waals surface area contributed by atoms with Crippen LogP contribution in [0, 0.1) is 0 Å². The molecule has 1 saturated heterocycles. The lowest BCUT2D eigenvalue weighted by Crippen LogP contribution is -2.42. The van der Waals surface area contributed by atoms with Crippen molar-refractivity contribution in [3.63, 3.8) is 0 Å². The standard InChI is InChI=1S/C26H27N3O3/c1-4-17(2)18-12-14-20(15-13-18)27-23(30)16-29-24(31)26(3,28-25(29)32)22-11-7-9-19-8-5-6-10-21(19)22/h5-15,17H,4,16H2,1-3H3,(H,27,30)(H,28,32). The Morgan fingerprint density at radius 3 is 2.44 bits per heavy atom. The summed E-state index contributed by atoms with van der Waals surface area (Å²) in [5, 5.41) is 7.43. The molecule has 6 nitrogen and oxygen atoms in total. The number of hydrogen-bond acceptors (Lipinski definition) is 3. The number of nitrogens with one attached hydrogen (secondary N) is 2. The fraction of sp³-hybridized carbons (Fsp3) is 0.269. The summed E-state index contributed by atoms with van der Waals surface area (Å²) in [5.41, 5.74) is 1.30. The van der Waals surface area contributed by atoms with E-state index in [0.29, 0.717) is 17.2 Å². The van der Waals surface area contributed by atoms with E-state index in [1.54, 1.807) is 6.92 Å². The molecule has 3 aromatic rings. The summed E-state index contributed by atoms with van der Waals surface area (Å²) in [4.78, 5) is 39.5. The topological polar surface area (TPSA) is 78.5 Å². The molecule has 4 rings (SSSR count). The third-order valence-corrected chi connectivity index (χ3v) is 6.28. The van der Waals surface area contributed by atoms with Crippen molar-refractivity contribution in [1.82, 2.24) is 10.2 Å². The maximum absolute atomic E-state index is 13.3. The lowest BCUT2D eigenvalue weighted by molar-refractivity contribution is -0.133. The van der Waals surface area contributed by atoms with Gasteiger partial charge in [-0.15, -0.1) is 0 Å². The number of carbonyl (C=O) groups excluding carboxylic acids is 3. The van der Waals surface area contributed by atoms with E-state index in [9.17, 15) is 14.4 Å². The highest BCUT2D eigenvalue weighted by Crippen LogP contribution is 2.33. The van der Waals surface area contributed by atoms with E-state index in [1.807, 2.05) is 66.7 Å². The van der Waals surface area contributed by atoms with Gasteiger partial charge < -0.3 is 10.6 Å². The molecule has 0 bridgehead atoms. The second kappa shape index (κ2) is 8.46. The number of rotatable bonds is 6. The number of anilines is 1. The van der Waals surface area contributed by atoms with Crippen LogP contribution in [0.5, 0.6) is 0 Å². The van der Waals surface area contributed by atoms with E-state index in [-0.39, 0.29) is 6.54 Å². The Morgan fingerprint density at radius 1 is 1.03 bits per heavy atom. The smallest absolute Gasteiger partial charge is 0.325 e. The van der Waals surface area contributed by atoms with Crippen molar-refractivity contribution in [1.29, 1.82) is 0 Å². The molecule has 2 unspecified atom stereocenters. The normalized spacial score (nSPS) is 19.2. The Balaban J connectivity index is 1.51. The zero-order chi connectivity index (χ0) is 22.9. The summed E-state index contributed by atoms with van der Waals surface area (Å²) in [5.74, 6) is -0.425. The molecule has 0 radical (unpaired) electrons. The van der Waals surface area contributed by atoms with Crippen LogP contribution in [0.1, 0.15) is 44.2 Å². The largest absolute Gasteiger partial charge is 0.325 e. The van der Waals surface area contributed by atoms with E-state index in [1.165, 1.54) is 5.56 Å². The second-order valence-electron chi connectivity index (χ2n) is 8.45. The van der Waals surface area contributed by atoms with Gasteiger partial charge in [0, 0.05) is 5.69 Å². The van der Waals surface area contributed by atoms with Crippen molar-refractivity contribution < 1.29 is 14.4 Å². The predicted octanol–water partition coefficient (Wildman–Crippen LogP) is 4.76. The number of imide groups is 1. The molecule has 2 atom stereocenters. The number of hydrogen-bond donors (Lipinski definition) is 2. The van der Waals surface area contributed by atoms with Crippen LogP contribution in [-0.4, -0.2) is 29.3 Å². The molecule has 6 heteroatoms. The number of amides is 4. The van der Waals surface area contributed by atoms with Crippen LogP contribution in [0.25, 0.3) is 10.8 Å². The van der Waals surface area contributed by atoms with Gasteiger partial charge in [0.1, 0.15) is 12.1 Å². The fourth-order valence-electron chi connectivity index (χ4n) is 4.16. The molecule has 0 spiro atoms. The first-order valence-electron chi connectivity index (χ1n) is 10.9. The van der Waals surface area contributed by atoms with Crippen molar-refractivity contribution >= 4 is 34.3 Å². The SMILES string of the molecule is CCC(C)c1ccc(NC(=O)CN2C(=O)NC(C)(c3cccc4ccccc34)C2=O)cc1. The maximum atomic E-state index is 13.3. The van der Waals surface area contributed by atoms with Crippen LogP contribution >= 0.6 is 0 Å². The predicted molar refractivity (Wildman–Crippen MR) is 125 cm³/mol. The third kappa shape index (κ3) is 3.84. The van der Waals surface area contributed by atoms with Gasteiger partial charge in [0.15, 0.2) is 0 Å². The Kier molecular flexibility index (Phi) is 5.70. The van der Waals surface area contributed by atoms with Crippen molar-refractivity contribution in [2.75, 3.05) is 11.9 Å². The van der Waals surface area contributed by atoms with Gasteiger partial charge in [0.2, 0.25) is 5.91 Å². The van der Waals surface area contributed by atoms with Gasteiger partial charge in [0.25, 0.3) is 5.91 Å². The number of benzene rings is 3. The highest BCUT2D eigenvalue weighted by molar-refractivity contribution is 6.11. The summed E-state index contributed by atoms with van der Waals surface area (Å²) < 4.78 is 0. The molecule has 32 heavy (non-hydrogen) atoms. The molecule has 0 aromatic heterocycles. The van der Waals surface area contributed by atoms with Crippen molar-refractivity contribution in [2.24, 2.45) is 0 Å². The fourth-order valence-corrected chi connectivity index (χ4v) is 4.16. The highest BCUT2D eigenvalue weighted by Gasteiger charge is 2.50. The van der Waals surface area contributed by atoms with E-state index in [4.69, 9.17) is 0 Å². The maximum Gasteiger partial charge on any atom is 0.325 e. The van der Waals surface area contributed by atoms with Crippen LogP contribution in [0.4, 0.5) is 10.5 Å². The van der Waals surface area contributed by atoms with E-state index >= 15 is 0 Å². The Morgan fingerprint density at radius 2 is 1.72 bits per heavy atom. The van der Waals surface area contributed by atoms with Gasteiger partial charge in [0.05, 0.1) is 0 Å². The average Bonchev–Trinajstić information content (AvgIpc) is 3.02. The highest BCUT2D eigenvalue weighted by atomic mass is 16.2. The van der Waals surface area contributed by atoms with Crippen LogP contribution in [-0.2, 0) is 15.1 Å². The van der Waals surface area contributed by atoms with Crippen LogP contribution in [0.3, 0.4) is 0 Å². The Labute approximate surface area is 187 Å². The molecule has 0 saturated carbocycles. The van der Waals surface area contributed by atoms with Crippen LogP contribution < -0.4 is 10.6 Å². The second-order valence-corrected chi connectivity index (χ2v) is 8.45. The number of fused-ring (bicyclic) bond motifs is 1. The van der Waals surface area contributed by atoms with Crippen molar-refractivity contribution in [3.05, 3.63) is 77.9 Å². The summed E-state index contributed by atoms with van der Waals surface area (Å²) in [6.45, 7) is 5.61. The first-order valence-corrected chi connectivity index (χ1v) is 10.9. The average molecular weight is 430 g/mol. The van der Waals surface area contributed by atoms with Gasteiger partial charge in [-0.2, -0.15) is 0 Å². The summed E-state index contributed by atoms with van der Waals surface area (Å²) in [7, 11) is 0. The molecular weight excluding hydrogens is 402 g/mol. The Hall–Kier alpha value is -3.67. The molecule has 1 fully saturated rings. The number of nitrogens with zero attached hydrogens (tertiary/aromatic N) is 1. The minimum absolute atomic E-state index is 0.349. The minimum atomic E-state index is -1.24. The first-order chi connectivity index (χ1) is 15.3. The van der Waals surface area contributed by atoms with E-state index in [0.717, 1.165) is 22.1 Å². The van der Waals surface area contributed by atoms with Gasteiger partial charge in [-0.05, 0) is 53.3 Å². The van der Waals surface area contributed by atoms with Crippen LogP contribution in [0.15, 0.2) is 66.7 Å². The molecular formula is C26H27N3O3. The lowest BCUT2D eigenvalue weighted by atomic mass is 9.88. The molecule has 2 N–H and O–H groups in total. The molecule has 1 heterocycles. The van der Waals surface area contributed by atoms with Crippen LogP contribution in [0.2, 0.25) is 0 Å². The molecule has 164 valence electrons. The van der Waals surface area contributed by atoms with E-state index < -0.39 is 23.4 Å². The number of carbonyl (C=O) groups is 3. The Bertz CT molecular complexity index is 1180. The molecule has 1 aliphatic rings. The molecule has 0 aliphatic carbocycles. The molecule has 3 aromatic carbocycles. The minimum Gasteiger partial charge on any atom is -0.325 e. The number of urea groups is 1. The van der Waals surface area contributed by atoms with Crippen molar-refractivity contribution in [2.45, 2.75) is 38.6 Å². The zero-order valence-corrected chi connectivity index (χ0v) is 18.5. The van der Waals surface area contributed by atoms with Gasteiger partial charge in [-0.3, -0.25) is 14.5 Å². The van der Waals surface area contributed by atoms with E-state index in [2.05, 4.69) is 24.5 Å². The molecule has 1 aliphatic heterocycles. The molecule has 4 amide bonds. The summed E-state index contributed by atoms with van der Waals surface area (Å²) in [6, 6.07) is 20.4. The summed E-state index contributed by atoms with van der Waals surface area (Å²) in [6.07, 6.45) is 1.04. The first kappa shape index (κ1) is 21.6. The van der Waals surface area contributed by atoms with Gasteiger partial charge in [-0.25, -0.2) is 4.79 Å². The zero-order valence-electron chi connectivity index (χ0n) is 18.5. The van der Waals surface area contributed by atoms with Gasteiger partial charge >= 0.3 is 6.03 Å². The quantitative estimate of drug-likeness (QED) is 0.555. The lowest BCUT2D eigenvalue weighted by Gasteiger charge is -2.24.